The van der Waals surface area contributed by atoms with Crippen molar-refractivity contribution in [3.8, 4) is 0 Å². The second-order valence-corrected chi connectivity index (χ2v) is 7.02. The Balaban J connectivity index is 1.99. The Morgan fingerprint density at radius 2 is 1.81 bits per heavy atom. The fourth-order valence-corrected chi connectivity index (χ4v) is 4.14. The van der Waals surface area contributed by atoms with Crippen molar-refractivity contribution in [1.82, 2.24) is 9.97 Å². The van der Waals surface area contributed by atoms with Crippen molar-refractivity contribution in [2.24, 2.45) is 0 Å². The highest BCUT2D eigenvalue weighted by molar-refractivity contribution is 7.20. The molecule has 26 heavy (non-hydrogen) atoms. The number of aryl methyl sites for hydroxylation is 3. The zero-order valence-corrected chi connectivity index (χ0v) is 16.1. The van der Waals surface area contributed by atoms with Crippen LogP contribution in [0, 0.1) is 27.7 Å². The molecule has 134 valence electrons. The van der Waals surface area contributed by atoms with Gasteiger partial charge in [0.15, 0.2) is 0 Å². The molecule has 3 rings (SSSR count). The van der Waals surface area contributed by atoms with Crippen molar-refractivity contribution in [1.29, 1.82) is 0 Å². The number of carbonyl (C=O) groups is 2. The average molecular weight is 369 g/mol. The van der Waals surface area contributed by atoms with Crippen molar-refractivity contribution in [3.63, 3.8) is 0 Å². The first kappa shape index (κ1) is 18.0. The van der Waals surface area contributed by atoms with Gasteiger partial charge in [0.05, 0.1) is 17.6 Å². The van der Waals surface area contributed by atoms with Crippen LogP contribution in [0.4, 0.5) is 5.69 Å². The Labute approximate surface area is 155 Å². The lowest BCUT2D eigenvalue weighted by Gasteiger charge is -2.11. The van der Waals surface area contributed by atoms with Crippen LogP contribution in [0.2, 0.25) is 0 Å². The summed E-state index contributed by atoms with van der Waals surface area (Å²) in [5.74, 6) is 0.0236. The maximum atomic E-state index is 12.8. The average Bonchev–Trinajstić information content (AvgIpc) is 2.92. The van der Waals surface area contributed by atoms with E-state index in [9.17, 15) is 9.59 Å². The van der Waals surface area contributed by atoms with E-state index in [2.05, 4.69) is 15.3 Å². The number of carbonyl (C=O) groups excluding carboxylic acids is 2. The number of methoxy groups -OCH3 is 1. The summed E-state index contributed by atoms with van der Waals surface area (Å²) in [6.07, 6.45) is 0. The SMILES string of the molecule is COC(=O)c1cccc(NC(=O)c2sc3nc(C)nc(C)c3c2C)c1C. The number of anilines is 1. The van der Waals surface area contributed by atoms with Gasteiger partial charge < -0.3 is 10.1 Å². The lowest BCUT2D eigenvalue weighted by Crippen LogP contribution is -2.14. The van der Waals surface area contributed by atoms with E-state index in [0.29, 0.717) is 27.5 Å². The van der Waals surface area contributed by atoms with Gasteiger partial charge in [-0.2, -0.15) is 0 Å². The number of hydrogen-bond acceptors (Lipinski definition) is 6. The number of amides is 1. The highest BCUT2D eigenvalue weighted by Crippen LogP contribution is 2.32. The smallest absolute Gasteiger partial charge is 0.338 e. The summed E-state index contributed by atoms with van der Waals surface area (Å²) in [4.78, 5) is 34.9. The molecule has 0 aliphatic heterocycles. The minimum atomic E-state index is -0.432. The van der Waals surface area contributed by atoms with E-state index in [1.807, 2.05) is 20.8 Å². The van der Waals surface area contributed by atoms with Crippen LogP contribution in [-0.4, -0.2) is 29.0 Å². The van der Waals surface area contributed by atoms with E-state index in [1.165, 1.54) is 18.4 Å². The van der Waals surface area contributed by atoms with Crippen molar-refractivity contribution < 1.29 is 14.3 Å². The summed E-state index contributed by atoms with van der Waals surface area (Å²) < 4.78 is 4.78. The predicted octanol–water partition coefficient (Wildman–Crippen LogP) is 3.96. The topological polar surface area (TPSA) is 81.2 Å². The summed E-state index contributed by atoms with van der Waals surface area (Å²) >= 11 is 1.35. The summed E-state index contributed by atoms with van der Waals surface area (Å²) in [5, 5.41) is 3.82. The first-order valence-corrected chi connectivity index (χ1v) is 8.88. The number of fused-ring (bicyclic) bond motifs is 1. The minimum Gasteiger partial charge on any atom is -0.465 e. The molecule has 0 unspecified atom stereocenters. The Morgan fingerprint density at radius 3 is 2.50 bits per heavy atom. The monoisotopic (exact) mass is 369 g/mol. The quantitative estimate of drug-likeness (QED) is 0.707. The molecule has 1 aromatic carbocycles. The van der Waals surface area contributed by atoms with Crippen LogP contribution in [0.3, 0.4) is 0 Å². The van der Waals surface area contributed by atoms with Crippen LogP contribution in [0.1, 0.15) is 42.7 Å². The molecule has 7 heteroatoms. The van der Waals surface area contributed by atoms with Gasteiger partial charge in [-0.05, 0) is 51.0 Å². The van der Waals surface area contributed by atoms with E-state index in [0.717, 1.165) is 21.5 Å². The van der Waals surface area contributed by atoms with Gasteiger partial charge in [-0.1, -0.05) is 6.07 Å². The summed E-state index contributed by atoms with van der Waals surface area (Å²) in [7, 11) is 1.33. The minimum absolute atomic E-state index is 0.229. The fourth-order valence-electron chi connectivity index (χ4n) is 2.97. The molecule has 0 bridgehead atoms. The first-order valence-electron chi connectivity index (χ1n) is 8.07. The molecular weight excluding hydrogens is 350 g/mol. The van der Waals surface area contributed by atoms with E-state index in [4.69, 9.17) is 4.74 Å². The molecule has 3 aromatic rings. The molecule has 0 saturated heterocycles. The third-order valence-corrected chi connectivity index (χ3v) is 5.46. The predicted molar refractivity (Wildman–Crippen MR) is 102 cm³/mol. The molecule has 0 aliphatic carbocycles. The molecule has 0 radical (unpaired) electrons. The Hall–Kier alpha value is -2.80. The number of nitrogens with zero attached hydrogens (tertiary/aromatic N) is 2. The molecule has 0 fully saturated rings. The van der Waals surface area contributed by atoms with Gasteiger partial charge in [0.2, 0.25) is 0 Å². The molecule has 0 spiro atoms. The summed E-state index contributed by atoms with van der Waals surface area (Å²) in [6.45, 7) is 7.43. The van der Waals surface area contributed by atoms with E-state index in [-0.39, 0.29) is 5.91 Å². The fraction of sp³-hybridized carbons (Fsp3) is 0.263. The Bertz CT molecular complexity index is 1040. The number of esters is 1. The zero-order valence-electron chi connectivity index (χ0n) is 15.3. The number of hydrogen-bond donors (Lipinski definition) is 1. The van der Waals surface area contributed by atoms with E-state index < -0.39 is 5.97 Å². The standard InChI is InChI=1S/C19H19N3O3S/c1-9-13(19(24)25-5)7-6-8-14(9)22-17(23)16-10(2)15-11(3)20-12(4)21-18(15)26-16/h6-8H,1-5H3,(H,22,23). The second-order valence-electron chi connectivity index (χ2n) is 6.02. The highest BCUT2D eigenvalue weighted by atomic mass is 32.1. The molecular formula is C19H19N3O3S. The number of thiophene rings is 1. The van der Waals surface area contributed by atoms with Crippen LogP contribution in [0.25, 0.3) is 10.2 Å². The van der Waals surface area contributed by atoms with Gasteiger partial charge in [0.1, 0.15) is 10.7 Å². The van der Waals surface area contributed by atoms with Crippen molar-refractivity contribution in [3.05, 3.63) is 51.3 Å². The molecule has 0 saturated carbocycles. The molecule has 1 amide bonds. The number of rotatable bonds is 3. The van der Waals surface area contributed by atoms with Crippen LogP contribution < -0.4 is 5.32 Å². The number of benzene rings is 1. The van der Waals surface area contributed by atoms with Gasteiger partial charge in [0, 0.05) is 16.8 Å². The second kappa shape index (κ2) is 6.84. The lowest BCUT2D eigenvalue weighted by molar-refractivity contribution is 0.0599. The van der Waals surface area contributed by atoms with Gasteiger partial charge in [-0.3, -0.25) is 4.79 Å². The summed E-state index contributed by atoms with van der Waals surface area (Å²) in [6, 6.07) is 5.15. The van der Waals surface area contributed by atoms with E-state index >= 15 is 0 Å². The first-order chi connectivity index (χ1) is 12.3. The van der Waals surface area contributed by atoms with Gasteiger partial charge in [0.25, 0.3) is 5.91 Å². The Morgan fingerprint density at radius 1 is 1.08 bits per heavy atom. The summed E-state index contributed by atoms with van der Waals surface area (Å²) in [5.41, 5.74) is 3.40. The molecule has 6 nitrogen and oxygen atoms in total. The van der Waals surface area contributed by atoms with Crippen molar-refractivity contribution >= 4 is 39.1 Å². The van der Waals surface area contributed by atoms with Crippen LogP contribution in [-0.2, 0) is 4.74 Å². The zero-order chi connectivity index (χ0) is 19.0. The van der Waals surface area contributed by atoms with Crippen molar-refractivity contribution in [2.75, 3.05) is 12.4 Å². The third kappa shape index (κ3) is 3.06. The lowest BCUT2D eigenvalue weighted by atomic mass is 10.1. The molecule has 0 aliphatic rings. The van der Waals surface area contributed by atoms with Gasteiger partial charge in [-0.25, -0.2) is 14.8 Å². The van der Waals surface area contributed by atoms with Crippen LogP contribution >= 0.6 is 11.3 Å². The Kier molecular flexibility index (Phi) is 4.73. The maximum absolute atomic E-state index is 12.8. The largest absolute Gasteiger partial charge is 0.465 e. The number of aromatic nitrogens is 2. The van der Waals surface area contributed by atoms with Crippen molar-refractivity contribution in [2.45, 2.75) is 27.7 Å². The molecule has 2 heterocycles. The molecule has 1 N–H and O–H groups in total. The van der Waals surface area contributed by atoms with Crippen LogP contribution in [0.15, 0.2) is 18.2 Å². The van der Waals surface area contributed by atoms with E-state index in [1.54, 1.807) is 25.1 Å². The van der Waals surface area contributed by atoms with Gasteiger partial charge in [-0.15, -0.1) is 11.3 Å². The molecule has 2 aromatic heterocycles. The third-order valence-electron chi connectivity index (χ3n) is 4.28. The van der Waals surface area contributed by atoms with Crippen LogP contribution in [0.5, 0.6) is 0 Å². The maximum Gasteiger partial charge on any atom is 0.338 e. The van der Waals surface area contributed by atoms with Gasteiger partial charge >= 0.3 is 5.97 Å². The highest BCUT2D eigenvalue weighted by Gasteiger charge is 2.20. The molecule has 0 atom stereocenters. The number of nitrogens with one attached hydrogen (secondary N) is 1. The normalized spacial score (nSPS) is 10.8. The number of ether oxygens (including phenoxy) is 1.